The number of hydrogen-bond donors (Lipinski definition) is 1. The minimum absolute atomic E-state index is 0.180. The van der Waals surface area contributed by atoms with Crippen molar-refractivity contribution in [3.05, 3.63) is 70.2 Å². The number of nitrogens with zero attached hydrogens (tertiary/aromatic N) is 1. The maximum atomic E-state index is 11.9. The van der Waals surface area contributed by atoms with Crippen molar-refractivity contribution in [2.24, 2.45) is 0 Å². The quantitative estimate of drug-likeness (QED) is 0.673. The SMILES string of the molecule is Cc1ccc(CNC(=O)c2cc[n+]([O-])cc2)c(C)c1. The largest absolute Gasteiger partial charge is 0.619 e. The molecule has 2 aromatic rings. The summed E-state index contributed by atoms with van der Waals surface area (Å²) < 4.78 is 0.654. The van der Waals surface area contributed by atoms with Crippen molar-refractivity contribution in [2.45, 2.75) is 20.4 Å². The second-order valence-corrected chi connectivity index (χ2v) is 4.56. The van der Waals surface area contributed by atoms with E-state index in [4.69, 9.17) is 0 Å². The van der Waals surface area contributed by atoms with E-state index >= 15 is 0 Å². The van der Waals surface area contributed by atoms with E-state index in [0.29, 0.717) is 16.8 Å². The molecule has 0 radical (unpaired) electrons. The van der Waals surface area contributed by atoms with Gasteiger partial charge in [0, 0.05) is 18.7 Å². The molecule has 1 aromatic carbocycles. The van der Waals surface area contributed by atoms with Crippen molar-refractivity contribution >= 4 is 5.91 Å². The van der Waals surface area contributed by atoms with E-state index in [-0.39, 0.29) is 5.91 Å². The summed E-state index contributed by atoms with van der Waals surface area (Å²) in [5, 5.41) is 13.7. The van der Waals surface area contributed by atoms with Gasteiger partial charge in [0.25, 0.3) is 5.91 Å². The van der Waals surface area contributed by atoms with E-state index in [1.54, 1.807) is 0 Å². The summed E-state index contributed by atoms with van der Waals surface area (Å²) in [4.78, 5) is 11.9. The van der Waals surface area contributed by atoms with E-state index < -0.39 is 0 Å². The smallest absolute Gasteiger partial charge is 0.252 e. The predicted molar refractivity (Wildman–Crippen MR) is 72.5 cm³/mol. The number of carbonyl (C=O) groups excluding carboxylic acids is 1. The topological polar surface area (TPSA) is 56.0 Å². The van der Waals surface area contributed by atoms with E-state index in [9.17, 15) is 10.0 Å². The highest BCUT2D eigenvalue weighted by atomic mass is 16.5. The highest BCUT2D eigenvalue weighted by Crippen LogP contribution is 2.10. The van der Waals surface area contributed by atoms with Crippen LogP contribution < -0.4 is 10.0 Å². The van der Waals surface area contributed by atoms with Crippen LogP contribution in [0.5, 0.6) is 0 Å². The van der Waals surface area contributed by atoms with Crippen molar-refractivity contribution in [2.75, 3.05) is 0 Å². The Morgan fingerprint density at radius 2 is 1.89 bits per heavy atom. The summed E-state index contributed by atoms with van der Waals surface area (Å²) in [5.41, 5.74) is 3.94. The zero-order valence-corrected chi connectivity index (χ0v) is 11.0. The van der Waals surface area contributed by atoms with E-state index in [2.05, 4.69) is 11.4 Å². The standard InChI is InChI=1S/C15H16N2O2/c1-11-3-4-14(12(2)9-11)10-16-15(18)13-5-7-17(19)8-6-13/h3-9H,10H2,1-2H3,(H,16,18). The first-order valence-electron chi connectivity index (χ1n) is 6.09. The molecule has 4 nitrogen and oxygen atoms in total. The van der Waals surface area contributed by atoms with Gasteiger partial charge in [0.1, 0.15) is 0 Å². The van der Waals surface area contributed by atoms with Gasteiger partial charge in [0.15, 0.2) is 12.4 Å². The molecule has 1 N–H and O–H groups in total. The third-order valence-corrected chi connectivity index (χ3v) is 3.00. The van der Waals surface area contributed by atoms with Crippen molar-refractivity contribution in [1.82, 2.24) is 5.32 Å². The molecule has 98 valence electrons. The maximum absolute atomic E-state index is 11.9. The predicted octanol–water partition coefficient (Wildman–Crippen LogP) is 1.87. The Morgan fingerprint density at radius 3 is 2.53 bits per heavy atom. The van der Waals surface area contributed by atoms with Crippen LogP contribution in [0, 0.1) is 19.1 Å². The molecule has 19 heavy (non-hydrogen) atoms. The molecule has 0 fully saturated rings. The van der Waals surface area contributed by atoms with Gasteiger partial charge in [-0.25, -0.2) is 0 Å². The highest BCUT2D eigenvalue weighted by molar-refractivity contribution is 5.93. The molecule has 0 saturated carbocycles. The van der Waals surface area contributed by atoms with E-state index in [1.165, 1.54) is 30.1 Å². The van der Waals surface area contributed by atoms with E-state index in [0.717, 1.165) is 11.1 Å². The Morgan fingerprint density at radius 1 is 1.21 bits per heavy atom. The lowest BCUT2D eigenvalue weighted by atomic mass is 10.1. The number of amides is 1. The summed E-state index contributed by atoms with van der Waals surface area (Å²) in [6, 6.07) is 9.14. The molecule has 0 aliphatic carbocycles. The Hall–Kier alpha value is -2.36. The first-order chi connectivity index (χ1) is 9.06. The van der Waals surface area contributed by atoms with Gasteiger partial charge in [0.05, 0.1) is 5.56 Å². The second-order valence-electron chi connectivity index (χ2n) is 4.56. The monoisotopic (exact) mass is 256 g/mol. The van der Waals surface area contributed by atoms with Crippen LogP contribution in [-0.4, -0.2) is 5.91 Å². The maximum Gasteiger partial charge on any atom is 0.252 e. The van der Waals surface area contributed by atoms with Crippen molar-refractivity contribution < 1.29 is 9.52 Å². The van der Waals surface area contributed by atoms with Crippen LogP contribution in [0.3, 0.4) is 0 Å². The van der Waals surface area contributed by atoms with Gasteiger partial charge in [-0.3, -0.25) is 4.79 Å². The molecule has 1 heterocycles. The van der Waals surface area contributed by atoms with Crippen LogP contribution in [0.4, 0.5) is 0 Å². The Labute approximate surface area is 112 Å². The third-order valence-electron chi connectivity index (χ3n) is 3.00. The second kappa shape index (κ2) is 5.52. The molecular weight excluding hydrogens is 240 g/mol. The summed E-state index contributed by atoms with van der Waals surface area (Å²) in [5.74, 6) is -0.180. The molecule has 0 spiro atoms. The number of nitrogens with one attached hydrogen (secondary N) is 1. The molecule has 0 aliphatic heterocycles. The van der Waals surface area contributed by atoms with Crippen molar-refractivity contribution in [3.63, 3.8) is 0 Å². The average Bonchev–Trinajstić information content (AvgIpc) is 2.38. The lowest BCUT2D eigenvalue weighted by Crippen LogP contribution is -2.27. The first-order valence-corrected chi connectivity index (χ1v) is 6.09. The minimum Gasteiger partial charge on any atom is -0.619 e. The van der Waals surface area contributed by atoms with Gasteiger partial charge in [-0.1, -0.05) is 23.8 Å². The minimum atomic E-state index is -0.180. The Balaban J connectivity index is 2.02. The molecule has 1 aromatic heterocycles. The van der Waals surface area contributed by atoms with Crippen LogP contribution in [0.1, 0.15) is 27.0 Å². The zero-order chi connectivity index (χ0) is 13.8. The number of aromatic nitrogens is 1. The summed E-state index contributed by atoms with van der Waals surface area (Å²) in [6.07, 6.45) is 2.62. The highest BCUT2D eigenvalue weighted by Gasteiger charge is 2.07. The molecule has 4 heteroatoms. The van der Waals surface area contributed by atoms with Crippen LogP contribution in [-0.2, 0) is 6.54 Å². The summed E-state index contributed by atoms with van der Waals surface area (Å²) in [7, 11) is 0. The fourth-order valence-electron chi connectivity index (χ4n) is 1.89. The van der Waals surface area contributed by atoms with Gasteiger partial charge in [0.2, 0.25) is 0 Å². The first kappa shape index (κ1) is 13.1. The Bertz CT molecular complexity index is 592. The van der Waals surface area contributed by atoms with Crippen molar-refractivity contribution in [3.8, 4) is 0 Å². The summed E-state index contributed by atoms with van der Waals surface area (Å²) >= 11 is 0. The number of hydrogen-bond acceptors (Lipinski definition) is 2. The van der Waals surface area contributed by atoms with Gasteiger partial charge in [-0.15, -0.1) is 0 Å². The van der Waals surface area contributed by atoms with E-state index in [1.807, 2.05) is 26.0 Å². The molecule has 0 aliphatic rings. The fourth-order valence-corrected chi connectivity index (χ4v) is 1.89. The lowest BCUT2D eigenvalue weighted by Gasteiger charge is -2.08. The number of benzene rings is 1. The molecular formula is C15H16N2O2. The lowest BCUT2D eigenvalue weighted by molar-refractivity contribution is -0.605. The molecule has 0 atom stereocenters. The van der Waals surface area contributed by atoms with Crippen LogP contribution in [0.25, 0.3) is 0 Å². The fraction of sp³-hybridized carbons (Fsp3) is 0.200. The molecule has 0 saturated heterocycles. The van der Waals surface area contributed by atoms with Gasteiger partial charge in [-0.05, 0) is 25.0 Å². The normalized spacial score (nSPS) is 10.2. The van der Waals surface area contributed by atoms with Gasteiger partial charge < -0.3 is 10.5 Å². The van der Waals surface area contributed by atoms with Crippen LogP contribution in [0.2, 0.25) is 0 Å². The van der Waals surface area contributed by atoms with Gasteiger partial charge >= 0.3 is 0 Å². The molecule has 2 rings (SSSR count). The van der Waals surface area contributed by atoms with Gasteiger partial charge in [-0.2, -0.15) is 4.73 Å². The third kappa shape index (κ3) is 3.31. The number of pyridine rings is 1. The number of carbonyl (C=O) groups is 1. The van der Waals surface area contributed by atoms with Crippen LogP contribution in [0.15, 0.2) is 42.7 Å². The van der Waals surface area contributed by atoms with Crippen LogP contribution >= 0.6 is 0 Å². The number of aryl methyl sites for hydroxylation is 2. The average molecular weight is 256 g/mol. The zero-order valence-electron chi connectivity index (χ0n) is 11.0. The number of rotatable bonds is 3. The summed E-state index contributed by atoms with van der Waals surface area (Å²) in [6.45, 7) is 4.55. The Kier molecular flexibility index (Phi) is 3.80. The molecule has 0 bridgehead atoms. The van der Waals surface area contributed by atoms with Crippen molar-refractivity contribution in [1.29, 1.82) is 0 Å². The molecule has 1 amide bonds. The molecule has 0 unspecified atom stereocenters.